The lowest BCUT2D eigenvalue weighted by Crippen LogP contribution is -1.89. The van der Waals surface area contributed by atoms with Crippen molar-refractivity contribution < 1.29 is 5.11 Å². The lowest BCUT2D eigenvalue weighted by atomic mass is 10.3. The van der Waals surface area contributed by atoms with Crippen LogP contribution in [0.2, 0.25) is 5.02 Å². The van der Waals surface area contributed by atoms with Gasteiger partial charge in [0.15, 0.2) is 0 Å². The number of aliphatic hydroxyl groups excluding tert-OH is 1. The van der Waals surface area contributed by atoms with E-state index in [-0.39, 0.29) is 5.76 Å². The first-order chi connectivity index (χ1) is 8.49. The molecule has 0 aliphatic rings. The van der Waals surface area contributed by atoms with E-state index in [4.69, 9.17) is 16.7 Å². The Kier molecular flexibility index (Phi) is 5.95. The van der Waals surface area contributed by atoms with Crippen molar-refractivity contribution in [3.63, 3.8) is 0 Å². The van der Waals surface area contributed by atoms with Crippen molar-refractivity contribution in [2.45, 2.75) is 19.6 Å². The molecule has 1 rings (SSSR count). The van der Waals surface area contributed by atoms with Crippen LogP contribution in [0, 0.1) is 0 Å². The molecule has 0 saturated carbocycles. The second-order valence-electron chi connectivity index (χ2n) is 3.66. The molecule has 5 heteroatoms. The van der Waals surface area contributed by atoms with Crippen molar-refractivity contribution in [2.75, 3.05) is 0 Å². The van der Waals surface area contributed by atoms with Gasteiger partial charge in [-0.25, -0.2) is 0 Å². The van der Waals surface area contributed by atoms with E-state index in [2.05, 4.69) is 16.6 Å². The highest BCUT2D eigenvalue weighted by molar-refractivity contribution is 8.13. The third-order valence-corrected chi connectivity index (χ3v) is 3.31. The van der Waals surface area contributed by atoms with E-state index in [1.807, 2.05) is 19.9 Å². The van der Waals surface area contributed by atoms with Crippen molar-refractivity contribution in [3.8, 4) is 0 Å². The maximum absolute atomic E-state index is 9.01. The summed E-state index contributed by atoms with van der Waals surface area (Å²) in [5.41, 5.74) is 1.74. The fraction of sp³-hybridized carbons (Fsp3) is 0.231. The highest BCUT2D eigenvalue weighted by Gasteiger charge is 2.01. The predicted molar refractivity (Wildman–Crippen MR) is 79.2 cm³/mol. The van der Waals surface area contributed by atoms with Crippen molar-refractivity contribution >= 4 is 28.4 Å². The standard InChI is InChI=1S/C13H15ClN2OS/c1-9(6-10(2)17)16-11(3)18-8-12-4-5-15-7-13(12)14/h4-7,17H,2,8H2,1,3H3/b9-6-,16-11+. The van der Waals surface area contributed by atoms with Crippen LogP contribution in [-0.4, -0.2) is 15.1 Å². The van der Waals surface area contributed by atoms with Gasteiger partial charge in [0.1, 0.15) is 5.76 Å². The quantitative estimate of drug-likeness (QED) is 0.386. The number of aromatic nitrogens is 1. The average Bonchev–Trinajstić information content (AvgIpc) is 2.26. The van der Waals surface area contributed by atoms with E-state index in [1.165, 1.54) is 6.08 Å². The van der Waals surface area contributed by atoms with E-state index in [0.29, 0.717) is 10.7 Å². The summed E-state index contributed by atoms with van der Waals surface area (Å²) in [6, 6.07) is 1.89. The number of pyridine rings is 1. The van der Waals surface area contributed by atoms with E-state index < -0.39 is 0 Å². The van der Waals surface area contributed by atoms with Gasteiger partial charge in [0.2, 0.25) is 0 Å². The Balaban J connectivity index is 2.61. The number of aliphatic imine (C=N–C) groups is 1. The summed E-state index contributed by atoms with van der Waals surface area (Å²) >= 11 is 7.60. The van der Waals surface area contributed by atoms with Crippen LogP contribution in [0.25, 0.3) is 0 Å². The Hall–Kier alpha value is -1.26. The molecule has 0 fully saturated rings. The molecule has 96 valence electrons. The van der Waals surface area contributed by atoms with Crippen LogP contribution in [-0.2, 0) is 5.75 Å². The number of thioether (sulfide) groups is 1. The molecule has 1 aromatic rings. The second kappa shape index (κ2) is 7.24. The number of rotatable bonds is 4. The number of hydrogen-bond donors (Lipinski definition) is 1. The molecule has 3 nitrogen and oxygen atoms in total. The normalized spacial score (nSPS) is 12.6. The Morgan fingerprint density at radius 1 is 1.61 bits per heavy atom. The molecule has 0 amide bonds. The van der Waals surface area contributed by atoms with Gasteiger partial charge in [-0.15, -0.1) is 11.8 Å². The van der Waals surface area contributed by atoms with E-state index in [0.717, 1.165) is 16.4 Å². The second-order valence-corrected chi connectivity index (χ2v) is 5.24. The molecule has 1 N–H and O–H groups in total. The lowest BCUT2D eigenvalue weighted by Gasteiger charge is -2.03. The highest BCUT2D eigenvalue weighted by atomic mass is 35.5. The van der Waals surface area contributed by atoms with Gasteiger partial charge in [-0.1, -0.05) is 18.2 Å². The fourth-order valence-corrected chi connectivity index (χ4v) is 2.35. The third-order valence-electron chi connectivity index (χ3n) is 2.00. The van der Waals surface area contributed by atoms with Crippen molar-refractivity contribution in [3.05, 3.63) is 53.2 Å². The summed E-state index contributed by atoms with van der Waals surface area (Å²) in [6.45, 7) is 7.11. The summed E-state index contributed by atoms with van der Waals surface area (Å²) in [6.07, 6.45) is 4.86. The first-order valence-corrected chi connectivity index (χ1v) is 6.68. The average molecular weight is 283 g/mol. The smallest absolute Gasteiger partial charge is 0.110 e. The molecule has 0 aliphatic carbocycles. The Morgan fingerprint density at radius 3 is 2.94 bits per heavy atom. The molecular weight excluding hydrogens is 268 g/mol. The van der Waals surface area contributed by atoms with Crippen molar-refractivity contribution in [1.29, 1.82) is 0 Å². The molecule has 0 unspecified atom stereocenters. The minimum absolute atomic E-state index is 0.00577. The van der Waals surface area contributed by atoms with Gasteiger partial charge in [0.25, 0.3) is 0 Å². The third kappa shape index (κ3) is 5.38. The first kappa shape index (κ1) is 14.8. The zero-order valence-corrected chi connectivity index (χ0v) is 11.9. The van der Waals surface area contributed by atoms with Gasteiger partial charge in [0.05, 0.1) is 10.1 Å². The van der Waals surface area contributed by atoms with E-state index in [9.17, 15) is 0 Å². The highest BCUT2D eigenvalue weighted by Crippen LogP contribution is 2.21. The SMILES string of the molecule is C=C(O)/C=C(C)\N=C(/C)SCc1ccncc1Cl. The van der Waals surface area contributed by atoms with Crippen molar-refractivity contribution in [2.24, 2.45) is 4.99 Å². The number of hydrogen-bond acceptors (Lipinski definition) is 4. The number of nitrogens with zero attached hydrogens (tertiary/aromatic N) is 2. The molecule has 0 saturated heterocycles. The van der Waals surface area contributed by atoms with Gasteiger partial charge in [-0.2, -0.15) is 0 Å². The van der Waals surface area contributed by atoms with Gasteiger partial charge in [0, 0.05) is 29.9 Å². The zero-order valence-electron chi connectivity index (χ0n) is 10.4. The summed E-state index contributed by atoms with van der Waals surface area (Å²) in [4.78, 5) is 8.26. The molecule has 0 radical (unpaired) electrons. The Bertz CT molecular complexity index is 498. The van der Waals surface area contributed by atoms with Gasteiger partial charge < -0.3 is 5.11 Å². The molecule has 0 spiro atoms. The molecular formula is C13H15ClN2OS. The van der Waals surface area contributed by atoms with Crippen LogP contribution >= 0.6 is 23.4 Å². The minimum atomic E-state index is 0.00577. The summed E-state index contributed by atoms with van der Waals surface area (Å²) in [5.74, 6) is 0.746. The summed E-state index contributed by atoms with van der Waals surface area (Å²) in [5, 5.41) is 10.6. The van der Waals surface area contributed by atoms with Gasteiger partial charge >= 0.3 is 0 Å². The van der Waals surface area contributed by atoms with Crippen LogP contribution in [0.5, 0.6) is 0 Å². The molecule has 0 aromatic carbocycles. The van der Waals surface area contributed by atoms with Crippen LogP contribution in [0.15, 0.2) is 47.6 Å². The first-order valence-electron chi connectivity index (χ1n) is 5.31. The summed E-state index contributed by atoms with van der Waals surface area (Å²) in [7, 11) is 0. The van der Waals surface area contributed by atoms with Gasteiger partial charge in [-0.05, 0) is 25.5 Å². The number of allylic oxidation sites excluding steroid dienone is 2. The minimum Gasteiger partial charge on any atom is -0.509 e. The fourth-order valence-electron chi connectivity index (χ4n) is 1.26. The predicted octanol–water partition coefficient (Wildman–Crippen LogP) is 4.36. The molecule has 18 heavy (non-hydrogen) atoms. The Labute approximate surface area is 116 Å². The zero-order chi connectivity index (χ0) is 13.5. The molecule has 1 heterocycles. The Morgan fingerprint density at radius 2 is 2.33 bits per heavy atom. The number of aliphatic hydroxyl groups is 1. The molecule has 0 bridgehead atoms. The van der Waals surface area contributed by atoms with Gasteiger partial charge in [-0.3, -0.25) is 9.98 Å². The van der Waals surface area contributed by atoms with Crippen LogP contribution in [0.1, 0.15) is 19.4 Å². The topological polar surface area (TPSA) is 45.5 Å². The van der Waals surface area contributed by atoms with Crippen LogP contribution in [0.3, 0.4) is 0 Å². The van der Waals surface area contributed by atoms with E-state index >= 15 is 0 Å². The van der Waals surface area contributed by atoms with E-state index in [1.54, 1.807) is 24.2 Å². The molecule has 0 aliphatic heterocycles. The lowest BCUT2D eigenvalue weighted by molar-refractivity contribution is 0.434. The van der Waals surface area contributed by atoms with Crippen LogP contribution < -0.4 is 0 Å². The summed E-state index contributed by atoms with van der Waals surface area (Å²) < 4.78 is 0. The largest absolute Gasteiger partial charge is 0.509 e. The van der Waals surface area contributed by atoms with Crippen LogP contribution in [0.4, 0.5) is 0 Å². The molecule has 0 atom stereocenters. The number of halogens is 1. The maximum atomic E-state index is 9.01. The van der Waals surface area contributed by atoms with Crippen molar-refractivity contribution in [1.82, 2.24) is 4.98 Å². The monoisotopic (exact) mass is 282 g/mol. The molecule has 1 aromatic heterocycles. The maximum Gasteiger partial charge on any atom is 0.110 e.